The van der Waals surface area contributed by atoms with Crippen molar-refractivity contribution >= 4 is 17.7 Å². The van der Waals surface area contributed by atoms with E-state index in [1.165, 1.54) is 24.3 Å². The maximum absolute atomic E-state index is 12.0. The fraction of sp³-hybridized carbons (Fsp3) is 0.500. The minimum atomic E-state index is -0.122. The molecule has 2 rings (SSSR count). The third kappa shape index (κ3) is 5.41. The lowest BCUT2D eigenvalue weighted by atomic mass is 10.0. The molecule has 2 N–H and O–H groups in total. The zero-order chi connectivity index (χ0) is 14.9. The average Bonchev–Trinajstić information content (AvgIpc) is 2.54. The summed E-state index contributed by atoms with van der Waals surface area (Å²) >= 11 is 1.99. The van der Waals surface area contributed by atoms with Gasteiger partial charge in [0.05, 0.1) is 6.61 Å². The van der Waals surface area contributed by atoms with E-state index in [1.807, 2.05) is 11.8 Å². The number of carbonyl (C=O) groups excluding carboxylic acids is 1. The molecule has 1 amide bonds. The highest BCUT2D eigenvalue weighted by Crippen LogP contribution is 2.21. The summed E-state index contributed by atoms with van der Waals surface area (Å²) in [5.41, 5.74) is 1.18. The molecule has 0 spiro atoms. The number of aliphatic hydroxyl groups excluding tert-OH is 1. The van der Waals surface area contributed by atoms with E-state index < -0.39 is 0 Å². The van der Waals surface area contributed by atoms with E-state index in [4.69, 9.17) is 5.11 Å². The molecule has 21 heavy (non-hydrogen) atoms. The van der Waals surface area contributed by atoms with E-state index in [0.717, 1.165) is 12.1 Å². The number of hydrogen-bond acceptors (Lipinski definition) is 4. The topological polar surface area (TPSA) is 62.2 Å². The molecule has 0 aliphatic carbocycles. The number of nitrogens with one attached hydrogen (secondary N) is 1. The SMILES string of the molecule is O=C(NCC1CCSCC1)c1ccc(C#CCCO)cn1. The molecule has 1 saturated heterocycles. The van der Waals surface area contributed by atoms with Crippen LogP contribution in [0.25, 0.3) is 0 Å². The molecule has 0 saturated carbocycles. The monoisotopic (exact) mass is 304 g/mol. The van der Waals surface area contributed by atoms with Crippen molar-refractivity contribution in [1.82, 2.24) is 10.3 Å². The summed E-state index contributed by atoms with van der Waals surface area (Å²) in [7, 11) is 0. The molecule has 0 aromatic carbocycles. The van der Waals surface area contributed by atoms with Crippen molar-refractivity contribution in [3.63, 3.8) is 0 Å². The van der Waals surface area contributed by atoms with Crippen LogP contribution in [0.4, 0.5) is 0 Å². The van der Waals surface area contributed by atoms with Gasteiger partial charge in [0.2, 0.25) is 0 Å². The number of nitrogens with zero attached hydrogens (tertiary/aromatic N) is 1. The van der Waals surface area contributed by atoms with Gasteiger partial charge in [0.25, 0.3) is 5.91 Å². The average molecular weight is 304 g/mol. The van der Waals surface area contributed by atoms with Gasteiger partial charge in [0.1, 0.15) is 5.69 Å². The molecule has 0 unspecified atom stereocenters. The van der Waals surface area contributed by atoms with Crippen molar-refractivity contribution in [1.29, 1.82) is 0 Å². The highest BCUT2D eigenvalue weighted by atomic mass is 32.2. The number of rotatable bonds is 4. The molecule has 1 aliphatic heterocycles. The second-order valence-electron chi connectivity index (χ2n) is 4.97. The molecular formula is C16H20N2O2S. The van der Waals surface area contributed by atoms with E-state index in [2.05, 4.69) is 22.1 Å². The highest BCUT2D eigenvalue weighted by Gasteiger charge is 2.15. The van der Waals surface area contributed by atoms with Gasteiger partial charge >= 0.3 is 0 Å². The maximum atomic E-state index is 12.0. The number of amides is 1. The van der Waals surface area contributed by atoms with Crippen molar-refractivity contribution < 1.29 is 9.90 Å². The van der Waals surface area contributed by atoms with Crippen molar-refractivity contribution in [3.05, 3.63) is 29.6 Å². The van der Waals surface area contributed by atoms with Crippen molar-refractivity contribution in [2.45, 2.75) is 19.3 Å². The van der Waals surface area contributed by atoms with Crippen LogP contribution < -0.4 is 5.32 Å². The Hall–Kier alpha value is -1.51. The van der Waals surface area contributed by atoms with Crippen LogP contribution in [0.5, 0.6) is 0 Å². The van der Waals surface area contributed by atoms with Crippen LogP contribution >= 0.6 is 11.8 Å². The first-order valence-corrected chi connectivity index (χ1v) is 8.37. The smallest absolute Gasteiger partial charge is 0.269 e. The maximum Gasteiger partial charge on any atom is 0.269 e. The van der Waals surface area contributed by atoms with Gasteiger partial charge in [0.15, 0.2) is 0 Å². The van der Waals surface area contributed by atoms with Crippen LogP contribution in [0.15, 0.2) is 18.3 Å². The first kappa shape index (κ1) is 15.9. The number of hydrogen-bond donors (Lipinski definition) is 2. The van der Waals surface area contributed by atoms with E-state index in [9.17, 15) is 4.79 Å². The molecule has 1 aromatic heterocycles. The Balaban J connectivity index is 1.83. The van der Waals surface area contributed by atoms with Gasteiger partial charge < -0.3 is 10.4 Å². The van der Waals surface area contributed by atoms with Crippen molar-refractivity contribution in [2.75, 3.05) is 24.7 Å². The molecule has 1 aromatic rings. The Bertz CT molecular complexity index is 513. The number of carbonyl (C=O) groups is 1. The molecule has 2 heterocycles. The third-order valence-corrected chi connectivity index (χ3v) is 4.41. The third-order valence-electron chi connectivity index (χ3n) is 3.36. The molecular weight excluding hydrogens is 284 g/mol. The lowest BCUT2D eigenvalue weighted by Gasteiger charge is -2.21. The predicted octanol–water partition coefficient (Wildman–Crippen LogP) is 1.69. The minimum absolute atomic E-state index is 0.0561. The zero-order valence-corrected chi connectivity index (χ0v) is 12.8. The Morgan fingerprint density at radius 3 is 2.90 bits per heavy atom. The second-order valence-corrected chi connectivity index (χ2v) is 6.20. The highest BCUT2D eigenvalue weighted by molar-refractivity contribution is 7.99. The largest absolute Gasteiger partial charge is 0.395 e. The minimum Gasteiger partial charge on any atom is -0.395 e. The number of pyridine rings is 1. The number of thioether (sulfide) groups is 1. The van der Waals surface area contributed by atoms with Gasteiger partial charge in [-0.2, -0.15) is 11.8 Å². The van der Waals surface area contributed by atoms with Crippen LogP contribution in [-0.2, 0) is 0 Å². The quantitative estimate of drug-likeness (QED) is 0.831. The van der Waals surface area contributed by atoms with Crippen LogP contribution in [-0.4, -0.2) is 40.7 Å². The first-order chi connectivity index (χ1) is 10.3. The van der Waals surface area contributed by atoms with Crippen LogP contribution in [0.2, 0.25) is 0 Å². The van der Waals surface area contributed by atoms with Gasteiger partial charge in [-0.15, -0.1) is 0 Å². The molecule has 1 aliphatic rings. The zero-order valence-electron chi connectivity index (χ0n) is 12.0. The lowest BCUT2D eigenvalue weighted by molar-refractivity contribution is 0.0941. The molecule has 5 heteroatoms. The summed E-state index contributed by atoms with van der Waals surface area (Å²) in [6, 6.07) is 3.47. The number of aromatic nitrogens is 1. The molecule has 4 nitrogen and oxygen atoms in total. The first-order valence-electron chi connectivity index (χ1n) is 7.21. The van der Waals surface area contributed by atoms with Gasteiger partial charge in [-0.05, 0) is 42.4 Å². The van der Waals surface area contributed by atoms with Crippen molar-refractivity contribution in [2.24, 2.45) is 5.92 Å². The Labute approximate surface area is 129 Å². The predicted molar refractivity (Wildman–Crippen MR) is 85.2 cm³/mol. The van der Waals surface area contributed by atoms with Crippen LogP contribution in [0.3, 0.4) is 0 Å². The lowest BCUT2D eigenvalue weighted by Crippen LogP contribution is -2.31. The number of aliphatic hydroxyl groups is 1. The fourth-order valence-corrected chi connectivity index (χ4v) is 3.30. The molecule has 112 valence electrons. The summed E-state index contributed by atoms with van der Waals surface area (Å²) in [6.07, 6.45) is 4.40. The molecule has 1 fully saturated rings. The summed E-state index contributed by atoms with van der Waals surface area (Å²) in [6.45, 7) is 0.791. The Morgan fingerprint density at radius 2 is 2.24 bits per heavy atom. The Morgan fingerprint density at radius 1 is 1.43 bits per heavy atom. The van der Waals surface area contributed by atoms with E-state index >= 15 is 0 Å². The fourth-order valence-electron chi connectivity index (χ4n) is 2.10. The van der Waals surface area contributed by atoms with Crippen molar-refractivity contribution in [3.8, 4) is 11.8 Å². The summed E-state index contributed by atoms with van der Waals surface area (Å²) in [5.74, 6) is 8.58. The molecule has 0 radical (unpaired) electrons. The van der Waals surface area contributed by atoms with Gasteiger partial charge in [0, 0.05) is 24.7 Å². The normalized spacial score (nSPS) is 15.1. The van der Waals surface area contributed by atoms with Crippen LogP contribution in [0.1, 0.15) is 35.3 Å². The summed E-state index contributed by atoms with van der Waals surface area (Å²) < 4.78 is 0. The second kappa shape index (κ2) is 8.71. The summed E-state index contributed by atoms with van der Waals surface area (Å²) in [4.78, 5) is 16.2. The van der Waals surface area contributed by atoms with Gasteiger partial charge in [-0.25, -0.2) is 4.98 Å². The Kier molecular flexibility index (Phi) is 6.58. The summed E-state index contributed by atoms with van der Waals surface area (Å²) in [5, 5.41) is 11.6. The van der Waals surface area contributed by atoms with E-state index in [1.54, 1.807) is 18.3 Å². The van der Waals surface area contributed by atoms with Crippen LogP contribution in [0, 0.1) is 17.8 Å². The molecule has 0 bridgehead atoms. The molecule has 0 atom stereocenters. The van der Waals surface area contributed by atoms with Gasteiger partial charge in [-0.3, -0.25) is 4.79 Å². The van der Waals surface area contributed by atoms with E-state index in [-0.39, 0.29) is 12.5 Å². The standard InChI is InChI=1S/C16H20N2O2S/c19-8-2-1-3-13-4-5-15(17-11-13)16(20)18-12-14-6-9-21-10-7-14/h4-5,11,14,19H,2,6-10,12H2,(H,18,20). The van der Waals surface area contributed by atoms with E-state index in [0.29, 0.717) is 18.0 Å². The van der Waals surface area contributed by atoms with Gasteiger partial charge in [-0.1, -0.05) is 11.8 Å².